The fraction of sp³-hybridized carbons (Fsp3) is 0.583. The molecule has 0 amide bonds. The average molecular weight is 361 g/mol. The molecule has 0 aliphatic carbocycles. The van der Waals surface area contributed by atoms with E-state index >= 15 is 0 Å². The Balaban J connectivity index is 2.01. The summed E-state index contributed by atoms with van der Waals surface area (Å²) in [5.41, 5.74) is 0.592. The zero-order valence-corrected chi connectivity index (χ0v) is 13.6. The van der Waals surface area contributed by atoms with Gasteiger partial charge in [0.2, 0.25) is 5.88 Å². The summed E-state index contributed by atoms with van der Waals surface area (Å²) in [7, 11) is -1.62. The standard InChI is InChI=1S/C12H14FN4O6P/c1-5-15-10-8(11(16-5)21-2)14-4-17(10)12-7(13)9(23-24(19)20)6(3-18)22-12/h4,6-7,9,12,18H,3H2,1-2H3/p+1/t6-,7-,9-,12-/m1/s1. The Hall–Kier alpha value is -1.78. The van der Waals surface area contributed by atoms with Crippen molar-refractivity contribution < 1.29 is 33.0 Å². The lowest BCUT2D eigenvalue weighted by molar-refractivity contribution is -0.0436. The second-order valence-corrected chi connectivity index (χ2v) is 5.79. The number of nitrogens with zero attached hydrogens (tertiary/aromatic N) is 4. The largest absolute Gasteiger partial charge is 0.695 e. The van der Waals surface area contributed by atoms with Crippen LogP contribution in [-0.4, -0.2) is 61.6 Å². The molecule has 1 fully saturated rings. The topological polar surface area (TPSA) is 129 Å². The number of hydrogen-bond donors (Lipinski definition) is 2. The van der Waals surface area contributed by atoms with Gasteiger partial charge in [-0.3, -0.25) is 4.57 Å². The molecular formula is C12H15FN4O6P+. The molecule has 3 heterocycles. The summed E-state index contributed by atoms with van der Waals surface area (Å²) in [6.45, 7) is 1.06. The summed E-state index contributed by atoms with van der Waals surface area (Å²) in [5, 5.41) is 9.30. The molecule has 1 saturated heterocycles. The Morgan fingerprint density at radius 3 is 2.88 bits per heavy atom. The number of methoxy groups -OCH3 is 1. The number of fused-ring (bicyclic) bond motifs is 1. The Morgan fingerprint density at radius 1 is 1.50 bits per heavy atom. The third-order valence-corrected chi connectivity index (χ3v) is 4.05. The Labute approximate surface area is 136 Å². The van der Waals surface area contributed by atoms with E-state index in [1.54, 1.807) is 6.92 Å². The minimum Gasteiger partial charge on any atom is -0.479 e. The number of aromatic nitrogens is 4. The van der Waals surface area contributed by atoms with Gasteiger partial charge in [0, 0.05) is 4.57 Å². The molecule has 3 rings (SSSR count). The maximum atomic E-state index is 14.7. The first kappa shape index (κ1) is 17.1. The summed E-state index contributed by atoms with van der Waals surface area (Å²) in [6.07, 6.45) is -4.23. The molecule has 1 aliphatic heterocycles. The van der Waals surface area contributed by atoms with Gasteiger partial charge in [0.25, 0.3) is 0 Å². The van der Waals surface area contributed by atoms with Crippen molar-refractivity contribution in [3.63, 3.8) is 0 Å². The van der Waals surface area contributed by atoms with Crippen molar-refractivity contribution in [2.24, 2.45) is 0 Å². The van der Waals surface area contributed by atoms with Gasteiger partial charge in [-0.05, 0) is 6.92 Å². The normalized spacial score (nSPS) is 27.6. The lowest BCUT2D eigenvalue weighted by Crippen LogP contribution is -2.32. The van der Waals surface area contributed by atoms with E-state index in [0.717, 1.165) is 0 Å². The molecule has 0 saturated carbocycles. The van der Waals surface area contributed by atoms with E-state index in [4.69, 9.17) is 14.4 Å². The van der Waals surface area contributed by atoms with Crippen molar-refractivity contribution in [2.75, 3.05) is 13.7 Å². The first-order valence-electron chi connectivity index (χ1n) is 6.94. The molecule has 0 aromatic carbocycles. The predicted octanol–water partition coefficient (Wildman–Crippen LogP) is 0.406. The number of aliphatic hydroxyl groups is 1. The van der Waals surface area contributed by atoms with Crippen LogP contribution in [0.2, 0.25) is 0 Å². The van der Waals surface area contributed by atoms with E-state index in [-0.39, 0.29) is 11.5 Å². The van der Waals surface area contributed by atoms with E-state index in [0.29, 0.717) is 11.3 Å². The zero-order valence-electron chi connectivity index (χ0n) is 12.7. The van der Waals surface area contributed by atoms with Crippen molar-refractivity contribution in [2.45, 2.75) is 31.5 Å². The van der Waals surface area contributed by atoms with Crippen molar-refractivity contribution >= 4 is 19.4 Å². The molecular weight excluding hydrogens is 346 g/mol. The van der Waals surface area contributed by atoms with Crippen LogP contribution < -0.4 is 4.74 Å². The van der Waals surface area contributed by atoms with Crippen molar-refractivity contribution in [1.82, 2.24) is 19.5 Å². The van der Waals surface area contributed by atoms with Crippen LogP contribution in [0.4, 0.5) is 4.39 Å². The Bertz CT molecular complexity index is 773. The number of imidazole rings is 1. The highest BCUT2D eigenvalue weighted by molar-refractivity contribution is 7.32. The van der Waals surface area contributed by atoms with Crippen molar-refractivity contribution in [1.29, 1.82) is 0 Å². The number of rotatable bonds is 5. The van der Waals surface area contributed by atoms with Crippen LogP contribution >= 0.6 is 8.25 Å². The highest BCUT2D eigenvalue weighted by Crippen LogP contribution is 2.39. The SMILES string of the molecule is COc1nc(C)nc2c1ncn2[C@@H]1O[C@H](CO)[C@@H](O[P+](=O)O)[C@H]1F. The fourth-order valence-electron chi connectivity index (χ4n) is 2.62. The number of hydrogen-bond acceptors (Lipinski definition) is 8. The summed E-state index contributed by atoms with van der Waals surface area (Å²) in [6, 6.07) is 0. The van der Waals surface area contributed by atoms with E-state index in [2.05, 4.69) is 19.5 Å². The van der Waals surface area contributed by atoms with Gasteiger partial charge < -0.3 is 14.6 Å². The quantitative estimate of drug-likeness (QED) is 0.727. The smallest absolute Gasteiger partial charge is 0.479 e. The van der Waals surface area contributed by atoms with Crippen molar-refractivity contribution in [3.05, 3.63) is 12.2 Å². The second kappa shape index (κ2) is 6.61. The number of alkyl halides is 1. The predicted molar refractivity (Wildman–Crippen MR) is 77.2 cm³/mol. The number of ether oxygens (including phenoxy) is 2. The summed E-state index contributed by atoms with van der Waals surface area (Å²) >= 11 is 0. The third kappa shape index (κ3) is 2.85. The van der Waals surface area contributed by atoms with Crippen molar-refractivity contribution in [3.8, 4) is 5.88 Å². The molecule has 10 nitrogen and oxygen atoms in total. The van der Waals surface area contributed by atoms with Crippen LogP contribution in [0.3, 0.4) is 0 Å². The number of aryl methyl sites for hydroxylation is 1. The van der Waals surface area contributed by atoms with E-state index in [1.165, 1.54) is 18.0 Å². The van der Waals surface area contributed by atoms with Crippen LogP contribution in [0.15, 0.2) is 6.33 Å². The second-order valence-electron chi connectivity index (χ2n) is 5.10. The van der Waals surface area contributed by atoms with Crippen LogP contribution in [-0.2, 0) is 13.8 Å². The molecule has 2 N–H and O–H groups in total. The molecule has 130 valence electrons. The van der Waals surface area contributed by atoms with Gasteiger partial charge in [-0.25, -0.2) is 14.4 Å². The van der Waals surface area contributed by atoms with Gasteiger partial charge in [-0.15, -0.1) is 9.42 Å². The van der Waals surface area contributed by atoms with E-state index in [9.17, 15) is 14.1 Å². The fourth-order valence-corrected chi connectivity index (χ4v) is 3.08. The van der Waals surface area contributed by atoms with E-state index < -0.39 is 39.5 Å². The third-order valence-electron chi connectivity index (χ3n) is 3.63. The van der Waals surface area contributed by atoms with Crippen LogP contribution in [0.25, 0.3) is 11.2 Å². The maximum absolute atomic E-state index is 14.7. The summed E-state index contributed by atoms with van der Waals surface area (Å²) in [4.78, 5) is 21.3. The lowest BCUT2D eigenvalue weighted by Gasteiger charge is -2.15. The molecule has 0 spiro atoms. The lowest BCUT2D eigenvalue weighted by atomic mass is 10.1. The van der Waals surface area contributed by atoms with Gasteiger partial charge in [0.1, 0.15) is 11.9 Å². The van der Waals surface area contributed by atoms with Crippen LogP contribution in [0.5, 0.6) is 5.88 Å². The minimum absolute atomic E-state index is 0.231. The first-order chi connectivity index (χ1) is 11.5. The zero-order chi connectivity index (χ0) is 17.4. The van der Waals surface area contributed by atoms with E-state index in [1.807, 2.05) is 0 Å². The monoisotopic (exact) mass is 361 g/mol. The Kier molecular flexibility index (Phi) is 4.70. The highest BCUT2D eigenvalue weighted by atomic mass is 31.1. The minimum atomic E-state index is -3.05. The maximum Gasteiger partial charge on any atom is 0.695 e. The number of halogens is 1. The molecule has 12 heteroatoms. The molecule has 0 bridgehead atoms. The molecule has 0 radical (unpaired) electrons. The Morgan fingerprint density at radius 2 is 2.25 bits per heavy atom. The molecule has 2 aromatic rings. The van der Waals surface area contributed by atoms with Crippen LogP contribution in [0, 0.1) is 6.92 Å². The number of aliphatic hydroxyl groups excluding tert-OH is 1. The molecule has 2 aromatic heterocycles. The summed E-state index contributed by atoms with van der Waals surface area (Å²) < 4.78 is 42.1. The van der Waals surface area contributed by atoms with Crippen LogP contribution in [0.1, 0.15) is 12.1 Å². The van der Waals surface area contributed by atoms with Gasteiger partial charge in [0.05, 0.1) is 20.0 Å². The molecule has 24 heavy (non-hydrogen) atoms. The van der Waals surface area contributed by atoms with Gasteiger partial charge in [-0.1, -0.05) is 0 Å². The molecule has 5 atom stereocenters. The average Bonchev–Trinajstić information content (AvgIpc) is 3.08. The molecule has 1 aliphatic rings. The first-order valence-corrected chi connectivity index (χ1v) is 8.07. The van der Waals surface area contributed by atoms with Gasteiger partial charge in [0.15, 0.2) is 29.7 Å². The van der Waals surface area contributed by atoms with Gasteiger partial charge in [-0.2, -0.15) is 4.98 Å². The van der Waals surface area contributed by atoms with Gasteiger partial charge >= 0.3 is 8.25 Å². The highest BCUT2D eigenvalue weighted by Gasteiger charge is 2.51. The molecule has 1 unspecified atom stereocenters. The summed E-state index contributed by atoms with van der Waals surface area (Å²) in [5.74, 6) is 0.619.